The number of pyridine rings is 1. The number of aromatic nitrogens is 1. The van der Waals surface area contributed by atoms with E-state index in [0.29, 0.717) is 28.5 Å². The number of ether oxygens (including phenoxy) is 3. The number of nitrogens with one attached hydrogen (secondary N) is 1. The van der Waals surface area contributed by atoms with E-state index in [9.17, 15) is 9.59 Å². The minimum absolute atomic E-state index is 0.102. The number of Topliss-reactive ketones (excluding diaryl/α,β-unsaturated/α-hetero) is 1. The van der Waals surface area contributed by atoms with Crippen LogP contribution in [0, 0.1) is 6.92 Å². The Morgan fingerprint density at radius 1 is 1.05 bits per heavy atom. The molecule has 0 saturated carbocycles. The summed E-state index contributed by atoms with van der Waals surface area (Å²) in [7, 11) is 3.03. The van der Waals surface area contributed by atoms with E-state index in [4.69, 9.17) is 19.3 Å². The number of hydrogen-bond acceptors (Lipinski definition) is 8. The normalized spacial score (nSPS) is 11.7. The number of aliphatic hydroxyl groups is 1. The Bertz CT molecular complexity index is 1450. The molecule has 0 fully saturated rings. The van der Waals surface area contributed by atoms with Crippen molar-refractivity contribution in [1.82, 2.24) is 10.3 Å². The van der Waals surface area contributed by atoms with Crippen molar-refractivity contribution < 1.29 is 28.9 Å². The van der Waals surface area contributed by atoms with Gasteiger partial charge in [-0.25, -0.2) is 4.98 Å². The lowest BCUT2D eigenvalue weighted by atomic mass is 10.0. The van der Waals surface area contributed by atoms with E-state index < -0.39 is 11.9 Å². The fourth-order valence-electron chi connectivity index (χ4n) is 3.98. The topological polar surface area (TPSA) is 107 Å². The van der Waals surface area contributed by atoms with Gasteiger partial charge in [-0.1, -0.05) is 18.2 Å². The number of aliphatic hydroxyl groups excluding tert-OH is 1. The molecule has 0 spiro atoms. The van der Waals surface area contributed by atoms with Crippen LogP contribution in [-0.2, 0) is 0 Å². The summed E-state index contributed by atoms with van der Waals surface area (Å²) in [5, 5.41) is 14.8. The number of rotatable bonds is 10. The first-order valence-electron chi connectivity index (χ1n) is 11.7. The maximum Gasteiger partial charge on any atom is 0.252 e. The summed E-state index contributed by atoms with van der Waals surface area (Å²) in [4.78, 5) is 30.8. The van der Waals surface area contributed by atoms with Crippen molar-refractivity contribution in [3.8, 4) is 28.5 Å². The second-order valence-corrected chi connectivity index (χ2v) is 9.23. The van der Waals surface area contributed by atoms with Gasteiger partial charge in [-0.05, 0) is 49.7 Å². The standard InChI is InChI=1S/C28H28N2O6S/c1-16-6-5-7-19-20(15-37-27(16)19)25-23(34-3)11-9-21(30-25)26(32)17(2)29-28(33)18-8-10-22(36-13-12-31)24(14-18)35-4/h5-11,14-15,17,31H,12-13H2,1-4H3,(H,29,33). The lowest BCUT2D eigenvalue weighted by molar-refractivity contribution is 0.0863. The van der Waals surface area contributed by atoms with Gasteiger partial charge >= 0.3 is 0 Å². The number of amides is 1. The number of methoxy groups -OCH3 is 2. The van der Waals surface area contributed by atoms with Gasteiger partial charge in [-0.2, -0.15) is 0 Å². The summed E-state index contributed by atoms with van der Waals surface area (Å²) in [5.74, 6) is 0.539. The van der Waals surface area contributed by atoms with Crippen LogP contribution in [0.3, 0.4) is 0 Å². The van der Waals surface area contributed by atoms with Crippen LogP contribution < -0.4 is 19.5 Å². The number of carbonyl (C=O) groups is 2. The van der Waals surface area contributed by atoms with Crippen molar-refractivity contribution in [2.75, 3.05) is 27.4 Å². The summed E-state index contributed by atoms with van der Waals surface area (Å²) in [6, 6.07) is 13.2. The Morgan fingerprint density at radius 3 is 2.54 bits per heavy atom. The molecule has 0 aliphatic heterocycles. The molecule has 1 amide bonds. The van der Waals surface area contributed by atoms with Crippen LogP contribution in [0.15, 0.2) is 53.9 Å². The highest BCUT2D eigenvalue weighted by Gasteiger charge is 2.23. The maximum atomic E-state index is 13.3. The molecular formula is C28H28N2O6S. The van der Waals surface area contributed by atoms with Gasteiger partial charge in [-0.3, -0.25) is 9.59 Å². The maximum absolute atomic E-state index is 13.3. The number of benzene rings is 2. The Labute approximate surface area is 218 Å². The highest BCUT2D eigenvalue weighted by atomic mass is 32.1. The number of hydrogen-bond donors (Lipinski definition) is 2. The summed E-state index contributed by atoms with van der Waals surface area (Å²) in [6.45, 7) is 3.63. The predicted molar refractivity (Wildman–Crippen MR) is 143 cm³/mol. The Hall–Kier alpha value is -3.95. The molecule has 2 heterocycles. The van der Waals surface area contributed by atoms with E-state index in [1.165, 1.54) is 18.7 Å². The summed E-state index contributed by atoms with van der Waals surface area (Å²) >= 11 is 1.62. The van der Waals surface area contributed by atoms with Crippen LogP contribution >= 0.6 is 11.3 Å². The summed E-state index contributed by atoms with van der Waals surface area (Å²) < 4.78 is 17.4. The predicted octanol–water partition coefficient (Wildman–Crippen LogP) is 4.66. The minimum atomic E-state index is -0.834. The molecule has 2 aromatic carbocycles. The van der Waals surface area contributed by atoms with Crippen LogP contribution in [0.4, 0.5) is 0 Å². The molecule has 37 heavy (non-hydrogen) atoms. The molecule has 0 aliphatic rings. The highest BCUT2D eigenvalue weighted by Crippen LogP contribution is 2.38. The molecule has 8 nitrogen and oxygen atoms in total. The first-order chi connectivity index (χ1) is 17.9. The lowest BCUT2D eigenvalue weighted by Crippen LogP contribution is -2.38. The van der Waals surface area contributed by atoms with Gasteiger partial charge in [0.15, 0.2) is 11.5 Å². The molecule has 0 aliphatic carbocycles. The second kappa shape index (κ2) is 11.4. The molecule has 9 heteroatoms. The smallest absolute Gasteiger partial charge is 0.252 e. The zero-order valence-corrected chi connectivity index (χ0v) is 21.8. The molecule has 2 aromatic heterocycles. The van der Waals surface area contributed by atoms with E-state index in [-0.39, 0.29) is 24.7 Å². The van der Waals surface area contributed by atoms with Crippen LogP contribution in [0.25, 0.3) is 21.3 Å². The Morgan fingerprint density at radius 2 is 1.81 bits per heavy atom. The average Bonchev–Trinajstić information content (AvgIpc) is 3.36. The SMILES string of the molecule is COc1cc(C(=O)NC(C)C(=O)c2ccc(OC)c(-c3csc4c(C)cccc34)n2)ccc1OCCO. The summed E-state index contributed by atoms with van der Waals surface area (Å²) in [6.07, 6.45) is 0. The molecule has 4 rings (SSSR count). The molecule has 0 radical (unpaired) electrons. The van der Waals surface area contributed by atoms with Crippen molar-refractivity contribution >= 4 is 33.1 Å². The third-order valence-electron chi connectivity index (χ3n) is 5.90. The summed E-state index contributed by atoms with van der Waals surface area (Å²) in [5.41, 5.74) is 3.16. The van der Waals surface area contributed by atoms with Gasteiger partial charge in [0.2, 0.25) is 5.78 Å². The van der Waals surface area contributed by atoms with E-state index >= 15 is 0 Å². The fourth-order valence-corrected chi connectivity index (χ4v) is 5.01. The van der Waals surface area contributed by atoms with Gasteiger partial charge < -0.3 is 24.6 Å². The van der Waals surface area contributed by atoms with Crippen LogP contribution in [0.2, 0.25) is 0 Å². The first-order valence-corrected chi connectivity index (χ1v) is 12.5. The average molecular weight is 521 g/mol. The largest absolute Gasteiger partial charge is 0.494 e. The quantitative estimate of drug-likeness (QED) is 0.293. The molecular weight excluding hydrogens is 492 g/mol. The number of fused-ring (bicyclic) bond motifs is 1. The lowest BCUT2D eigenvalue weighted by Gasteiger charge is -2.15. The number of ketones is 1. The van der Waals surface area contributed by atoms with Crippen LogP contribution in [0.5, 0.6) is 17.2 Å². The molecule has 4 aromatic rings. The van der Waals surface area contributed by atoms with Crippen LogP contribution in [0.1, 0.15) is 33.3 Å². The van der Waals surface area contributed by atoms with Gasteiger partial charge in [0.1, 0.15) is 23.7 Å². The third kappa shape index (κ3) is 5.42. The minimum Gasteiger partial charge on any atom is -0.494 e. The number of thiophene rings is 1. The van der Waals surface area contributed by atoms with Crippen molar-refractivity contribution in [2.45, 2.75) is 19.9 Å². The van der Waals surface area contributed by atoms with E-state index in [0.717, 1.165) is 15.6 Å². The van der Waals surface area contributed by atoms with Crippen molar-refractivity contribution in [1.29, 1.82) is 0 Å². The highest BCUT2D eigenvalue weighted by molar-refractivity contribution is 7.18. The van der Waals surface area contributed by atoms with E-state index in [1.807, 2.05) is 17.5 Å². The molecule has 1 unspecified atom stereocenters. The van der Waals surface area contributed by atoms with Gasteiger partial charge in [0, 0.05) is 26.6 Å². The van der Waals surface area contributed by atoms with Gasteiger partial charge in [-0.15, -0.1) is 11.3 Å². The molecule has 1 atom stereocenters. The van der Waals surface area contributed by atoms with Crippen LogP contribution in [-0.4, -0.2) is 55.3 Å². The molecule has 192 valence electrons. The molecule has 0 saturated heterocycles. The Kier molecular flexibility index (Phi) is 8.05. The van der Waals surface area contributed by atoms with Crippen molar-refractivity contribution in [3.63, 3.8) is 0 Å². The van der Waals surface area contributed by atoms with Crippen molar-refractivity contribution in [3.05, 3.63) is 70.7 Å². The third-order valence-corrected chi connectivity index (χ3v) is 7.03. The number of aryl methyl sites for hydroxylation is 1. The van der Waals surface area contributed by atoms with Gasteiger partial charge in [0.05, 0.1) is 26.9 Å². The molecule has 2 N–H and O–H groups in total. The van der Waals surface area contributed by atoms with E-state index in [1.54, 1.807) is 49.6 Å². The first kappa shape index (κ1) is 26.1. The van der Waals surface area contributed by atoms with Gasteiger partial charge in [0.25, 0.3) is 5.91 Å². The number of carbonyl (C=O) groups excluding carboxylic acids is 2. The number of nitrogens with zero attached hydrogens (tertiary/aromatic N) is 1. The van der Waals surface area contributed by atoms with Crippen molar-refractivity contribution in [2.24, 2.45) is 0 Å². The fraction of sp³-hybridized carbons (Fsp3) is 0.250. The zero-order chi connectivity index (χ0) is 26.5. The van der Waals surface area contributed by atoms with E-state index in [2.05, 4.69) is 23.3 Å². The molecule has 0 bridgehead atoms. The Balaban J connectivity index is 1.57. The zero-order valence-electron chi connectivity index (χ0n) is 21.0. The monoisotopic (exact) mass is 520 g/mol. The second-order valence-electron chi connectivity index (χ2n) is 8.35.